The molecule has 13 heavy (non-hydrogen) atoms. The second-order valence-corrected chi connectivity index (χ2v) is 6.72. The summed E-state index contributed by atoms with van der Waals surface area (Å²) in [4.78, 5) is 0.0683. The summed E-state index contributed by atoms with van der Waals surface area (Å²) >= 11 is 20.2. The molecule has 6 heteroatoms. The van der Waals surface area contributed by atoms with E-state index in [0.29, 0.717) is 19.6 Å². The predicted molar refractivity (Wildman–Crippen MR) is 58.2 cm³/mol. The van der Waals surface area contributed by atoms with E-state index in [1.165, 1.54) is 0 Å². The van der Waals surface area contributed by atoms with Crippen LogP contribution in [0, 0.1) is 0 Å². The van der Waals surface area contributed by atoms with Crippen LogP contribution in [0.4, 0.5) is 0 Å². The van der Waals surface area contributed by atoms with Crippen molar-refractivity contribution in [2.24, 2.45) is 0 Å². The van der Waals surface area contributed by atoms with Gasteiger partial charge in [-0.15, -0.1) is 0 Å². The first-order valence-corrected chi connectivity index (χ1v) is 5.92. The number of hydrogen-bond donors (Lipinski definition) is 0. The van der Waals surface area contributed by atoms with Crippen molar-refractivity contribution in [3.05, 3.63) is 0 Å². The van der Waals surface area contributed by atoms with Crippen molar-refractivity contribution in [1.82, 2.24) is 0 Å². The van der Waals surface area contributed by atoms with Crippen molar-refractivity contribution in [3.8, 4) is 0 Å². The second-order valence-electron chi connectivity index (χ2n) is 2.91. The van der Waals surface area contributed by atoms with Gasteiger partial charge in [-0.25, -0.2) is 0 Å². The fourth-order valence-corrected chi connectivity index (χ4v) is 2.59. The third-order valence-electron chi connectivity index (χ3n) is 1.46. The maximum Gasteiger partial charge on any atom is 0.191 e. The zero-order valence-corrected chi connectivity index (χ0v) is 10.7. The lowest BCUT2D eigenvalue weighted by Gasteiger charge is -2.15. The number of rotatable bonds is 5. The molecular weight excluding hydrogens is 302 g/mol. The van der Waals surface area contributed by atoms with Gasteiger partial charge in [0.1, 0.15) is 6.10 Å². The first-order valence-electron chi connectivity index (χ1n) is 3.87. The first kappa shape index (κ1) is 12.3. The minimum atomic E-state index is -1.21. The molecule has 0 aromatic heterocycles. The Balaban J connectivity index is 1.99. The van der Waals surface area contributed by atoms with Crippen molar-refractivity contribution in [2.75, 3.05) is 19.8 Å². The molecule has 0 saturated carbocycles. The Morgan fingerprint density at radius 1 is 1.54 bits per heavy atom. The van der Waals surface area contributed by atoms with Gasteiger partial charge in [-0.1, -0.05) is 50.7 Å². The van der Waals surface area contributed by atoms with Crippen LogP contribution in [0.15, 0.2) is 0 Å². The van der Waals surface area contributed by atoms with Gasteiger partial charge in [-0.3, -0.25) is 0 Å². The summed E-state index contributed by atoms with van der Waals surface area (Å²) < 4.78 is 9.08. The molecule has 1 aliphatic rings. The quantitative estimate of drug-likeness (QED) is 0.575. The zero-order chi connectivity index (χ0) is 9.90. The number of ether oxygens (including phenoxy) is 2. The van der Waals surface area contributed by atoms with E-state index in [1.807, 2.05) is 0 Å². The molecule has 0 radical (unpaired) electrons. The molecule has 2 unspecified atom stereocenters. The molecule has 0 spiro atoms. The van der Waals surface area contributed by atoms with Crippen LogP contribution >= 0.6 is 50.7 Å². The van der Waals surface area contributed by atoms with Gasteiger partial charge in [0.25, 0.3) is 0 Å². The van der Waals surface area contributed by atoms with Crippen LogP contribution in [-0.2, 0) is 9.47 Å². The van der Waals surface area contributed by atoms with E-state index in [1.54, 1.807) is 0 Å². The Morgan fingerprint density at radius 3 is 2.62 bits per heavy atom. The smallest absolute Gasteiger partial charge is 0.191 e. The molecule has 1 rings (SSSR count). The molecule has 0 bridgehead atoms. The van der Waals surface area contributed by atoms with Gasteiger partial charge in [-0.2, -0.15) is 0 Å². The summed E-state index contributed by atoms with van der Waals surface area (Å²) in [5, 5.41) is 0. The number of epoxide rings is 1. The molecule has 1 heterocycles. The van der Waals surface area contributed by atoms with Crippen LogP contribution < -0.4 is 0 Å². The van der Waals surface area contributed by atoms with Crippen molar-refractivity contribution < 1.29 is 9.47 Å². The number of hydrogen-bond acceptors (Lipinski definition) is 2. The minimum absolute atomic E-state index is 0.0683. The lowest BCUT2D eigenvalue weighted by molar-refractivity contribution is 0.117. The SMILES string of the molecule is ClC(Cl)(Cl)CC(Br)COCC1CO1. The van der Waals surface area contributed by atoms with Crippen molar-refractivity contribution >= 4 is 50.7 Å². The van der Waals surface area contributed by atoms with E-state index in [0.717, 1.165) is 6.61 Å². The van der Waals surface area contributed by atoms with E-state index in [-0.39, 0.29) is 10.9 Å². The van der Waals surface area contributed by atoms with Gasteiger partial charge in [0.2, 0.25) is 0 Å². The van der Waals surface area contributed by atoms with Crippen LogP contribution in [0.2, 0.25) is 0 Å². The maximum atomic E-state index is 5.60. The molecule has 0 aromatic rings. The fourth-order valence-electron chi connectivity index (χ4n) is 0.802. The van der Waals surface area contributed by atoms with Crippen LogP contribution in [-0.4, -0.2) is 34.5 Å². The molecule has 2 atom stereocenters. The van der Waals surface area contributed by atoms with E-state index in [4.69, 9.17) is 44.3 Å². The monoisotopic (exact) mass is 310 g/mol. The second kappa shape index (κ2) is 5.38. The van der Waals surface area contributed by atoms with Crippen LogP contribution in [0.5, 0.6) is 0 Å². The molecular formula is C7H10BrCl3O2. The Morgan fingerprint density at radius 2 is 2.15 bits per heavy atom. The summed E-state index contributed by atoms with van der Waals surface area (Å²) in [6, 6.07) is 0. The summed E-state index contributed by atoms with van der Waals surface area (Å²) in [5.41, 5.74) is 0. The number of alkyl halides is 4. The maximum absolute atomic E-state index is 5.60. The molecule has 78 valence electrons. The molecule has 0 amide bonds. The highest BCUT2D eigenvalue weighted by molar-refractivity contribution is 9.09. The average molecular weight is 312 g/mol. The van der Waals surface area contributed by atoms with Gasteiger partial charge >= 0.3 is 0 Å². The van der Waals surface area contributed by atoms with E-state index in [2.05, 4.69) is 15.9 Å². The Bertz CT molecular complexity index is 158. The largest absolute Gasteiger partial charge is 0.378 e. The molecule has 0 aliphatic carbocycles. The van der Waals surface area contributed by atoms with Crippen LogP contribution in [0.25, 0.3) is 0 Å². The van der Waals surface area contributed by atoms with Crippen LogP contribution in [0.3, 0.4) is 0 Å². The predicted octanol–water partition coefficient (Wildman–Crippen LogP) is 2.93. The Kier molecular flexibility index (Phi) is 5.11. The van der Waals surface area contributed by atoms with Gasteiger partial charge in [0.05, 0.1) is 19.8 Å². The lowest BCUT2D eigenvalue weighted by Crippen LogP contribution is -2.18. The first-order chi connectivity index (χ1) is 5.97. The molecule has 0 N–H and O–H groups in total. The highest BCUT2D eigenvalue weighted by Gasteiger charge is 2.26. The standard InChI is InChI=1S/C7H10BrCl3O2/c8-5(1-7(9,10)11)2-12-3-6-4-13-6/h5-6H,1-4H2. The molecule has 0 aromatic carbocycles. The third-order valence-corrected chi connectivity index (χ3v) is 2.51. The van der Waals surface area contributed by atoms with Crippen molar-refractivity contribution in [1.29, 1.82) is 0 Å². The van der Waals surface area contributed by atoms with Crippen molar-refractivity contribution in [2.45, 2.75) is 21.1 Å². The Hall–Kier alpha value is 1.27. The van der Waals surface area contributed by atoms with E-state index < -0.39 is 3.79 Å². The average Bonchev–Trinajstić information content (AvgIpc) is 2.66. The highest BCUT2D eigenvalue weighted by atomic mass is 79.9. The topological polar surface area (TPSA) is 21.8 Å². The highest BCUT2D eigenvalue weighted by Crippen LogP contribution is 2.33. The summed E-state index contributed by atoms with van der Waals surface area (Å²) in [6.45, 7) is 1.97. The Labute approximate surface area is 101 Å². The van der Waals surface area contributed by atoms with E-state index in [9.17, 15) is 0 Å². The lowest BCUT2D eigenvalue weighted by atomic mass is 10.3. The summed E-state index contributed by atoms with van der Waals surface area (Å²) in [6.07, 6.45) is 0.718. The molecule has 1 fully saturated rings. The third kappa shape index (κ3) is 7.23. The number of halogens is 4. The van der Waals surface area contributed by atoms with Gasteiger partial charge in [0.15, 0.2) is 3.79 Å². The van der Waals surface area contributed by atoms with Gasteiger partial charge in [0, 0.05) is 11.2 Å². The summed E-state index contributed by atoms with van der Waals surface area (Å²) in [5.74, 6) is 0. The minimum Gasteiger partial charge on any atom is -0.378 e. The van der Waals surface area contributed by atoms with Crippen molar-refractivity contribution in [3.63, 3.8) is 0 Å². The molecule has 1 aliphatic heterocycles. The normalized spacial score (nSPS) is 24.5. The van der Waals surface area contributed by atoms with Crippen LogP contribution in [0.1, 0.15) is 6.42 Å². The summed E-state index contributed by atoms with van der Waals surface area (Å²) in [7, 11) is 0. The van der Waals surface area contributed by atoms with Gasteiger partial charge < -0.3 is 9.47 Å². The van der Waals surface area contributed by atoms with E-state index >= 15 is 0 Å². The molecule has 1 saturated heterocycles. The van der Waals surface area contributed by atoms with Gasteiger partial charge in [-0.05, 0) is 0 Å². The fraction of sp³-hybridized carbons (Fsp3) is 1.00. The molecule has 2 nitrogen and oxygen atoms in total. The zero-order valence-electron chi connectivity index (χ0n) is 6.81.